The minimum Gasteiger partial charge on any atom is -0.433 e. The Labute approximate surface area is 138 Å². The third-order valence-corrected chi connectivity index (χ3v) is 4.02. The maximum Gasteiger partial charge on any atom is 0.533 e. The van der Waals surface area contributed by atoms with Crippen molar-refractivity contribution in [2.45, 2.75) is 32.3 Å². The highest BCUT2D eigenvalue weighted by Crippen LogP contribution is 2.19. The van der Waals surface area contributed by atoms with Gasteiger partial charge in [0.2, 0.25) is 5.16 Å². The van der Waals surface area contributed by atoms with Gasteiger partial charge in [-0.1, -0.05) is 37.7 Å². The molecule has 0 aliphatic heterocycles. The lowest BCUT2D eigenvalue weighted by atomic mass is 10.2. The molecular formula is C16H20N2O4S. The first-order valence-corrected chi connectivity index (χ1v) is 8.51. The molecule has 0 bridgehead atoms. The van der Waals surface area contributed by atoms with Crippen molar-refractivity contribution in [2.24, 2.45) is 5.92 Å². The van der Waals surface area contributed by atoms with Crippen molar-refractivity contribution in [3.63, 3.8) is 0 Å². The minimum atomic E-state index is -0.919. The number of hydrogen-bond donors (Lipinski definition) is 0. The van der Waals surface area contributed by atoms with Crippen molar-refractivity contribution in [1.29, 1.82) is 0 Å². The molecule has 1 aromatic heterocycles. The van der Waals surface area contributed by atoms with Crippen molar-refractivity contribution >= 4 is 28.8 Å². The number of fused-ring (bicyclic) bond motifs is 1. The van der Waals surface area contributed by atoms with Gasteiger partial charge in [0.1, 0.15) is 0 Å². The van der Waals surface area contributed by atoms with Gasteiger partial charge in [0.25, 0.3) is 5.56 Å². The van der Waals surface area contributed by atoms with Crippen molar-refractivity contribution in [2.75, 3.05) is 12.4 Å². The molecule has 0 atom stereocenters. The molecule has 7 heteroatoms. The molecule has 0 unspecified atom stereocenters. The van der Waals surface area contributed by atoms with Gasteiger partial charge in [-0.2, -0.15) is 0 Å². The first-order chi connectivity index (χ1) is 11.0. The molecule has 1 heterocycles. The van der Waals surface area contributed by atoms with E-state index in [0.717, 1.165) is 16.9 Å². The Hall–Kier alpha value is -2.02. The summed E-state index contributed by atoms with van der Waals surface area (Å²) in [4.78, 5) is 33.6. The lowest BCUT2D eigenvalue weighted by Crippen LogP contribution is -2.33. The van der Waals surface area contributed by atoms with E-state index < -0.39 is 11.7 Å². The van der Waals surface area contributed by atoms with Crippen LogP contribution in [0, 0.1) is 5.92 Å². The molecule has 0 aliphatic rings. The summed E-state index contributed by atoms with van der Waals surface area (Å²) in [6, 6.07) is 6.97. The van der Waals surface area contributed by atoms with Crippen LogP contribution < -0.4 is 10.4 Å². The summed E-state index contributed by atoms with van der Waals surface area (Å²) in [5.74, 6) is 1.31. The zero-order valence-corrected chi connectivity index (χ0v) is 14.3. The number of ether oxygens (including phenoxy) is 1. The minimum absolute atomic E-state index is 0.171. The number of rotatable bonds is 6. The van der Waals surface area contributed by atoms with Crippen LogP contribution in [0.3, 0.4) is 0 Å². The Morgan fingerprint density at radius 1 is 1.35 bits per heavy atom. The highest BCUT2D eigenvalue weighted by molar-refractivity contribution is 7.99. The van der Waals surface area contributed by atoms with Gasteiger partial charge in [-0.3, -0.25) is 9.63 Å². The van der Waals surface area contributed by atoms with Gasteiger partial charge in [-0.05, 0) is 31.4 Å². The summed E-state index contributed by atoms with van der Waals surface area (Å²) in [6.45, 7) is 6.08. The van der Waals surface area contributed by atoms with Crippen LogP contribution in [0.15, 0.2) is 34.2 Å². The van der Waals surface area contributed by atoms with E-state index in [9.17, 15) is 9.59 Å². The fourth-order valence-electron chi connectivity index (χ4n) is 1.87. The second-order valence-electron chi connectivity index (χ2n) is 5.32. The topological polar surface area (TPSA) is 70.4 Å². The Morgan fingerprint density at radius 3 is 2.78 bits per heavy atom. The van der Waals surface area contributed by atoms with Crippen LogP contribution in [0.2, 0.25) is 0 Å². The molecule has 0 aliphatic carbocycles. The highest BCUT2D eigenvalue weighted by atomic mass is 32.2. The van der Waals surface area contributed by atoms with Crippen LogP contribution in [-0.2, 0) is 4.74 Å². The van der Waals surface area contributed by atoms with Crippen molar-refractivity contribution < 1.29 is 14.4 Å². The van der Waals surface area contributed by atoms with Gasteiger partial charge < -0.3 is 4.74 Å². The second-order valence-corrected chi connectivity index (χ2v) is 6.38. The molecule has 23 heavy (non-hydrogen) atoms. The fraction of sp³-hybridized carbons (Fsp3) is 0.438. The Kier molecular flexibility index (Phi) is 6.04. The van der Waals surface area contributed by atoms with E-state index in [4.69, 9.17) is 9.57 Å². The van der Waals surface area contributed by atoms with Crippen LogP contribution in [0.4, 0.5) is 4.79 Å². The van der Waals surface area contributed by atoms with Gasteiger partial charge in [-0.15, -0.1) is 4.73 Å². The predicted molar refractivity (Wildman–Crippen MR) is 89.8 cm³/mol. The van der Waals surface area contributed by atoms with E-state index in [1.165, 1.54) is 11.8 Å². The first kappa shape index (κ1) is 17.3. The smallest absolute Gasteiger partial charge is 0.433 e. The molecule has 0 radical (unpaired) electrons. The zero-order valence-electron chi connectivity index (χ0n) is 13.4. The van der Waals surface area contributed by atoms with Crippen LogP contribution >= 0.6 is 11.8 Å². The molecule has 0 amide bonds. The molecule has 2 aromatic rings. The molecule has 6 nitrogen and oxygen atoms in total. The lowest BCUT2D eigenvalue weighted by Gasteiger charge is -2.12. The van der Waals surface area contributed by atoms with Gasteiger partial charge >= 0.3 is 6.16 Å². The average Bonchev–Trinajstić information content (AvgIpc) is 2.51. The number of aromatic nitrogens is 2. The molecule has 0 saturated heterocycles. The molecule has 0 N–H and O–H groups in total. The summed E-state index contributed by atoms with van der Waals surface area (Å²) < 4.78 is 5.67. The second kappa shape index (κ2) is 8.01. The molecule has 2 rings (SSSR count). The number of benzene rings is 1. The summed E-state index contributed by atoms with van der Waals surface area (Å²) in [5.41, 5.74) is 0.156. The Bertz CT molecular complexity index is 742. The predicted octanol–water partition coefficient (Wildman–Crippen LogP) is 3.12. The standard InChI is InChI=1S/C16H20N2O4S/c1-4-21-16(20)22-18-14(19)12-7-5-6-8-13(12)17-15(18)23-10-9-11(2)3/h5-8,11H,4,9-10H2,1-3H3. The van der Waals surface area contributed by atoms with Gasteiger partial charge in [0.05, 0.1) is 17.5 Å². The number of hydrogen-bond acceptors (Lipinski definition) is 6. The van der Waals surface area contributed by atoms with Crippen molar-refractivity contribution in [1.82, 2.24) is 9.71 Å². The monoisotopic (exact) mass is 336 g/mol. The normalized spacial score (nSPS) is 11.0. The summed E-state index contributed by atoms with van der Waals surface area (Å²) in [6.07, 6.45) is 0.0460. The maximum absolute atomic E-state index is 12.6. The lowest BCUT2D eigenvalue weighted by molar-refractivity contribution is 0.0397. The zero-order chi connectivity index (χ0) is 16.8. The quantitative estimate of drug-likeness (QED) is 0.458. The van der Waals surface area contributed by atoms with E-state index in [1.54, 1.807) is 25.1 Å². The van der Waals surface area contributed by atoms with Crippen molar-refractivity contribution in [3.05, 3.63) is 34.6 Å². The summed E-state index contributed by atoms with van der Waals surface area (Å²) >= 11 is 1.38. The summed E-state index contributed by atoms with van der Waals surface area (Å²) in [7, 11) is 0. The van der Waals surface area contributed by atoms with E-state index in [0.29, 0.717) is 22.0 Å². The molecule has 1 aromatic carbocycles. The molecule has 0 spiro atoms. The van der Waals surface area contributed by atoms with E-state index >= 15 is 0 Å². The van der Waals surface area contributed by atoms with Crippen LogP contribution in [-0.4, -0.2) is 28.2 Å². The van der Waals surface area contributed by atoms with Crippen LogP contribution in [0.5, 0.6) is 0 Å². The van der Waals surface area contributed by atoms with Gasteiger partial charge in [-0.25, -0.2) is 9.78 Å². The fourth-order valence-corrected chi connectivity index (χ4v) is 3.04. The van der Waals surface area contributed by atoms with E-state index in [2.05, 4.69) is 18.8 Å². The van der Waals surface area contributed by atoms with Crippen LogP contribution in [0.25, 0.3) is 10.9 Å². The molecular weight excluding hydrogens is 316 g/mol. The Morgan fingerprint density at radius 2 is 2.09 bits per heavy atom. The summed E-state index contributed by atoms with van der Waals surface area (Å²) in [5, 5.41) is 0.743. The van der Waals surface area contributed by atoms with Crippen LogP contribution in [0.1, 0.15) is 27.2 Å². The van der Waals surface area contributed by atoms with Crippen molar-refractivity contribution in [3.8, 4) is 0 Å². The first-order valence-electron chi connectivity index (χ1n) is 7.52. The molecule has 0 saturated carbocycles. The largest absolute Gasteiger partial charge is 0.533 e. The van der Waals surface area contributed by atoms with Gasteiger partial charge in [0.15, 0.2) is 0 Å². The van der Waals surface area contributed by atoms with E-state index in [-0.39, 0.29) is 6.61 Å². The SMILES string of the molecule is CCOC(=O)On1c(SCCC(C)C)nc2ccccc2c1=O. The number of thioether (sulfide) groups is 1. The number of nitrogens with zero attached hydrogens (tertiary/aromatic N) is 2. The molecule has 124 valence electrons. The highest BCUT2D eigenvalue weighted by Gasteiger charge is 2.16. The van der Waals surface area contributed by atoms with E-state index in [1.807, 2.05) is 6.07 Å². The van der Waals surface area contributed by atoms with Gasteiger partial charge in [0, 0.05) is 5.75 Å². The average molecular weight is 336 g/mol. The Balaban J connectivity index is 2.39. The maximum atomic E-state index is 12.6. The third-order valence-electron chi connectivity index (χ3n) is 3.06. The molecule has 0 fully saturated rings. The number of carbonyl (C=O) groups is 1. The third kappa shape index (κ3) is 4.48. The number of carbonyl (C=O) groups excluding carboxylic acids is 1. The number of para-hydroxylation sites is 1.